The molecule has 2 nitrogen and oxygen atoms in total. The maximum absolute atomic E-state index is 13.2. The smallest absolute Gasteiger partial charge is 0.200 e. The molecule has 0 saturated carbocycles. The van der Waals surface area contributed by atoms with Gasteiger partial charge < -0.3 is 0 Å². The molecule has 0 saturated heterocycles. The molecule has 0 unspecified atom stereocenters. The van der Waals surface area contributed by atoms with Gasteiger partial charge in [0.2, 0.25) is 5.82 Å². The van der Waals surface area contributed by atoms with Crippen LogP contribution < -0.4 is 0 Å². The first-order valence-electron chi connectivity index (χ1n) is 4.05. The second-order valence-corrected chi connectivity index (χ2v) is 2.92. The lowest BCUT2D eigenvalue weighted by atomic mass is 10.1. The zero-order valence-electron chi connectivity index (χ0n) is 7.49. The van der Waals surface area contributed by atoms with Crippen LogP contribution in [0, 0.1) is 29.1 Å². The number of halogens is 5. The first kappa shape index (κ1) is 10.6. The Kier molecular flexibility index (Phi) is 2.37. The van der Waals surface area contributed by atoms with E-state index < -0.39 is 34.6 Å². The van der Waals surface area contributed by atoms with Crippen molar-refractivity contribution in [3.05, 3.63) is 41.3 Å². The maximum atomic E-state index is 13.2. The molecule has 2 aromatic rings. The Morgan fingerprint density at radius 3 is 1.75 bits per heavy atom. The lowest BCUT2D eigenvalue weighted by Crippen LogP contribution is -2.04. The molecule has 0 atom stereocenters. The fourth-order valence-electron chi connectivity index (χ4n) is 1.24. The Morgan fingerprint density at radius 1 is 0.812 bits per heavy atom. The van der Waals surface area contributed by atoms with Gasteiger partial charge in [-0.15, -0.1) is 0 Å². The molecule has 0 aliphatic carbocycles. The van der Waals surface area contributed by atoms with Gasteiger partial charge in [-0.1, -0.05) is 0 Å². The molecule has 0 fully saturated rings. The van der Waals surface area contributed by atoms with Crippen LogP contribution in [0.1, 0.15) is 0 Å². The van der Waals surface area contributed by atoms with E-state index in [9.17, 15) is 22.0 Å². The summed E-state index contributed by atoms with van der Waals surface area (Å²) >= 11 is 0. The van der Waals surface area contributed by atoms with Crippen LogP contribution in [-0.4, -0.2) is 10.2 Å². The molecule has 2 rings (SSSR count). The zero-order valence-corrected chi connectivity index (χ0v) is 7.49. The highest BCUT2D eigenvalue weighted by Gasteiger charge is 2.26. The first-order chi connectivity index (χ1) is 7.54. The average molecular weight is 234 g/mol. The van der Waals surface area contributed by atoms with Crippen LogP contribution in [0.2, 0.25) is 0 Å². The summed E-state index contributed by atoms with van der Waals surface area (Å²) < 4.78 is 64.7. The molecule has 0 bridgehead atoms. The Morgan fingerprint density at radius 2 is 1.31 bits per heavy atom. The SMILES string of the molecule is Fc1c(F)c(F)c(-c2ccn[nH]2)c(F)c1F. The molecular weight excluding hydrogens is 231 g/mol. The molecule has 1 N–H and O–H groups in total. The van der Waals surface area contributed by atoms with Crippen molar-refractivity contribution in [1.82, 2.24) is 10.2 Å². The fourth-order valence-corrected chi connectivity index (χ4v) is 1.24. The summed E-state index contributed by atoms with van der Waals surface area (Å²) in [5.41, 5.74) is -1.30. The number of nitrogens with one attached hydrogen (secondary N) is 1. The highest BCUT2D eigenvalue weighted by molar-refractivity contribution is 5.60. The van der Waals surface area contributed by atoms with Crippen molar-refractivity contribution in [2.45, 2.75) is 0 Å². The summed E-state index contributed by atoms with van der Waals surface area (Å²) in [5.74, 6) is -9.92. The van der Waals surface area contributed by atoms with Gasteiger partial charge >= 0.3 is 0 Å². The summed E-state index contributed by atoms with van der Waals surface area (Å²) in [7, 11) is 0. The molecule has 7 heteroatoms. The largest absolute Gasteiger partial charge is 0.278 e. The molecular formula is C9H3F5N2. The molecule has 0 aliphatic heterocycles. The third kappa shape index (κ3) is 1.36. The van der Waals surface area contributed by atoms with Gasteiger partial charge in [0.1, 0.15) is 0 Å². The van der Waals surface area contributed by atoms with E-state index in [4.69, 9.17) is 0 Å². The Labute approximate surface area is 85.7 Å². The van der Waals surface area contributed by atoms with Crippen molar-refractivity contribution >= 4 is 0 Å². The van der Waals surface area contributed by atoms with Gasteiger partial charge in [0, 0.05) is 6.20 Å². The van der Waals surface area contributed by atoms with E-state index in [2.05, 4.69) is 10.2 Å². The van der Waals surface area contributed by atoms with Crippen LogP contribution in [0.5, 0.6) is 0 Å². The summed E-state index contributed by atoms with van der Waals surface area (Å²) in [6.45, 7) is 0. The molecule has 1 aromatic carbocycles. The zero-order chi connectivity index (χ0) is 11.9. The van der Waals surface area contributed by atoms with E-state index in [1.54, 1.807) is 0 Å². The van der Waals surface area contributed by atoms with Gasteiger partial charge in [-0.05, 0) is 6.07 Å². The quantitative estimate of drug-likeness (QED) is 0.458. The Hall–Kier alpha value is -1.92. The van der Waals surface area contributed by atoms with Gasteiger partial charge in [-0.25, -0.2) is 22.0 Å². The van der Waals surface area contributed by atoms with Crippen LogP contribution in [0.25, 0.3) is 11.3 Å². The van der Waals surface area contributed by atoms with E-state index in [1.165, 1.54) is 0 Å². The van der Waals surface area contributed by atoms with Crippen molar-refractivity contribution in [3.63, 3.8) is 0 Å². The number of H-pyrrole nitrogens is 1. The van der Waals surface area contributed by atoms with Crippen LogP contribution in [0.15, 0.2) is 12.3 Å². The molecule has 84 valence electrons. The van der Waals surface area contributed by atoms with Crippen LogP contribution in [-0.2, 0) is 0 Å². The van der Waals surface area contributed by atoms with Gasteiger partial charge in [0.15, 0.2) is 23.3 Å². The van der Waals surface area contributed by atoms with Crippen LogP contribution in [0.3, 0.4) is 0 Å². The van der Waals surface area contributed by atoms with Crippen molar-refractivity contribution in [1.29, 1.82) is 0 Å². The number of aromatic amines is 1. The summed E-state index contributed by atoms with van der Waals surface area (Å²) in [4.78, 5) is 0. The second kappa shape index (κ2) is 3.58. The maximum Gasteiger partial charge on any atom is 0.200 e. The van der Waals surface area contributed by atoms with Gasteiger partial charge in [0.05, 0.1) is 11.3 Å². The average Bonchev–Trinajstić information content (AvgIpc) is 2.77. The molecule has 0 aliphatic rings. The molecule has 1 aromatic heterocycles. The fraction of sp³-hybridized carbons (Fsp3) is 0. The minimum atomic E-state index is -2.18. The van der Waals surface area contributed by atoms with Crippen LogP contribution >= 0.6 is 0 Å². The normalized spacial score (nSPS) is 10.8. The van der Waals surface area contributed by atoms with E-state index >= 15 is 0 Å². The number of nitrogens with zero attached hydrogens (tertiary/aromatic N) is 1. The molecule has 1 heterocycles. The minimum absolute atomic E-state index is 0.284. The predicted molar refractivity (Wildman–Crippen MR) is 43.8 cm³/mol. The topological polar surface area (TPSA) is 28.7 Å². The van der Waals surface area contributed by atoms with E-state index in [0.29, 0.717) is 0 Å². The molecule has 0 spiro atoms. The number of hydrogen-bond donors (Lipinski definition) is 1. The predicted octanol–water partition coefficient (Wildman–Crippen LogP) is 2.77. The number of rotatable bonds is 1. The van der Waals surface area contributed by atoms with E-state index in [0.717, 1.165) is 12.3 Å². The highest BCUT2D eigenvalue weighted by Crippen LogP contribution is 2.29. The monoisotopic (exact) mass is 234 g/mol. The summed E-state index contributed by atoms with van der Waals surface area (Å²) in [6.07, 6.45) is 1.13. The minimum Gasteiger partial charge on any atom is -0.278 e. The van der Waals surface area contributed by atoms with Crippen molar-refractivity contribution in [2.75, 3.05) is 0 Å². The van der Waals surface area contributed by atoms with E-state index in [1.807, 2.05) is 0 Å². The third-order valence-corrected chi connectivity index (χ3v) is 1.98. The number of hydrogen-bond acceptors (Lipinski definition) is 1. The molecule has 0 amide bonds. The number of benzene rings is 1. The molecule has 0 radical (unpaired) electrons. The Bertz CT molecular complexity index is 506. The van der Waals surface area contributed by atoms with Gasteiger partial charge in [-0.2, -0.15) is 5.10 Å². The standard InChI is InChI=1S/C9H3F5N2/c10-5-4(3-1-2-15-16-3)6(11)8(13)9(14)7(5)12/h1-2H,(H,15,16). The van der Waals surface area contributed by atoms with Crippen molar-refractivity contribution < 1.29 is 22.0 Å². The van der Waals surface area contributed by atoms with Crippen molar-refractivity contribution in [3.8, 4) is 11.3 Å². The van der Waals surface area contributed by atoms with Gasteiger partial charge in [-0.3, -0.25) is 5.10 Å². The summed E-state index contributed by atoms with van der Waals surface area (Å²) in [5, 5.41) is 5.49. The second-order valence-electron chi connectivity index (χ2n) is 2.92. The highest BCUT2D eigenvalue weighted by atomic mass is 19.2. The third-order valence-electron chi connectivity index (χ3n) is 1.98. The van der Waals surface area contributed by atoms with Gasteiger partial charge in [0.25, 0.3) is 0 Å². The lowest BCUT2D eigenvalue weighted by molar-refractivity contribution is 0.381. The summed E-state index contributed by atoms with van der Waals surface area (Å²) in [6, 6.07) is 1.10. The first-order valence-corrected chi connectivity index (χ1v) is 4.05. The Balaban J connectivity index is 2.81. The number of aromatic nitrogens is 2. The van der Waals surface area contributed by atoms with E-state index in [-0.39, 0.29) is 5.69 Å². The van der Waals surface area contributed by atoms with Crippen molar-refractivity contribution in [2.24, 2.45) is 0 Å². The molecule has 16 heavy (non-hydrogen) atoms. The van der Waals surface area contributed by atoms with Crippen LogP contribution in [0.4, 0.5) is 22.0 Å². The lowest BCUT2D eigenvalue weighted by Gasteiger charge is -2.05.